The summed E-state index contributed by atoms with van der Waals surface area (Å²) in [6, 6.07) is 5.06. The second kappa shape index (κ2) is 16.2. The van der Waals surface area contributed by atoms with Crippen LogP contribution in [0.5, 0.6) is 5.75 Å². The van der Waals surface area contributed by atoms with Gasteiger partial charge in [0.25, 0.3) is 0 Å². The van der Waals surface area contributed by atoms with Crippen LogP contribution in [-0.2, 0) is 11.2 Å². The van der Waals surface area contributed by atoms with Crippen LogP contribution in [0, 0.1) is 5.92 Å². The van der Waals surface area contributed by atoms with Crippen LogP contribution in [0.1, 0.15) is 88.6 Å². The van der Waals surface area contributed by atoms with E-state index < -0.39 is 18.2 Å². The predicted molar refractivity (Wildman–Crippen MR) is 131 cm³/mol. The number of aliphatic hydroxyl groups excluding tert-OH is 1. The summed E-state index contributed by atoms with van der Waals surface area (Å²) in [5.41, 5.74) is 0.984. The van der Waals surface area contributed by atoms with Gasteiger partial charge in [-0.15, -0.1) is 11.8 Å². The fourth-order valence-corrected chi connectivity index (χ4v) is 4.05. The lowest BCUT2D eigenvalue weighted by Gasteiger charge is -2.24. The van der Waals surface area contributed by atoms with E-state index in [1.54, 1.807) is 6.07 Å². The van der Waals surface area contributed by atoms with Crippen LogP contribution in [0.3, 0.4) is 0 Å². The number of carbonyl (C=O) groups is 1. The lowest BCUT2D eigenvalue weighted by molar-refractivity contribution is 0.00356. The summed E-state index contributed by atoms with van der Waals surface area (Å²) in [6.45, 7) is 8.17. The number of benzene rings is 1. The van der Waals surface area contributed by atoms with Crippen LogP contribution in [-0.4, -0.2) is 46.2 Å². The Morgan fingerprint density at radius 1 is 1.26 bits per heavy atom. The minimum atomic E-state index is -0.538. The SMILES string of the molecule is CCCCCSCN=CCCC(CC(O)C(C)CC)OC(=O)c1c(O)cccc1CC. The van der Waals surface area contributed by atoms with Crippen LogP contribution >= 0.6 is 11.8 Å². The van der Waals surface area contributed by atoms with Crippen molar-refractivity contribution in [3.05, 3.63) is 29.3 Å². The summed E-state index contributed by atoms with van der Waals surface area (Å²) < 4.78 is 5.77. The average molecular weight is 452 g/mol. The van der Waals surface area contributed by atoms with Gasteiger partial charge in [-0.1, -0.05) is 59.1 Å². The van der Waals surface area contributed by atoms with Crippen molar-refractivity contribution < 1.29 is 19.7 Å². The molecule has 3 unspecified atom stereocenters. The average Bonchev–Trinajstić information content (AvgIpc) is 2.76. The Labute approximate surface area is 192 Å². The van der Waals surface area contributed by atoms with Gasteiger partial charge in [-0.2, -0.15) is 0 Å². The fraction of sp³-hybridized carbons (Fsp3) is 0.680. The van der Waals surface area contributed by atoms with E-state index in [0.717, 1.165) is 23.6 Å². The number of aromatic hydroxyl groups is 1. The third-order valence-electron chi connectivity index (χ3n) is 5.60. The van der Waals surface area contributed by atoms with Crippen molar-refractivity contribution in [2.45, 2.75) is 91.3 Å². The molecule has 0 spiro atoms. The standard InChI is InChI=1S/C25H41NO4S/c1-5-8-9-16-31-18-26-15-11-13-21(17-23(28)19(4)6-2)30-25(29)24-20(7-3)12-10-14-22(24)27/h10,12,14-15,19,21,23,27-28H,5-9,11,13,16-18H2,1-4H3. The van der Waals surface area contributed by atoms with Gasteiger partial charge in [0.2, 0.25) is 0 Å². The van der Waals surface area contributed by atoms with Crippen molar-refractivity contribution in [2.75, 3.05) is 11.6 Å². The van der Waals surface area contributed by atoms with Crippen LogP contribution in [0.4, 0.5) is 0 Å². The Balaban J connectivity index is 2.69. The summed E-state index contributed by atoms with van der Waals surface area (Å²) in [5, 5.41) is 20.7. The van der Waals surface area contributed by atoms with Crippen LogP contribution in [0.2, 0.25) is 0 Å². The largest absolute Gasteiger partial charge is 0.507 e. The van der Waals surface area contributed by atoms with Gasteiger partial charge in [-0.3, -0.25) is 4.99 Å². The molecule has 0 aliphatic heterocycles. The number of phenols is 1. The Morgan fingerprint density at radius 2 is 2.03 bits per heavy atom. The molecule has 31 heavy (non-hydrogen) atoms. The number of unbranched alkanes of at least 4 members (excludes halogenated alkanes) is 2. The van der Waals surface area contributed by atoms with Crippen LogP contribution < -0.4 is 0 Å². The summed E-state index contributed by atoms with van der Waals surface area (Å²) in [4.78, 5) is 17.3. The highest BCUT2D eigenvalue weighted by Gasteiger charge is 2.24. The van der Waals surface area contributed by atoms with E-state index in [1.165, 1.54) is 25.3 Å². The van der Waals surface area contributed by atoms with Gasteiger partial charge in [-0.25, -0.2) is 4.79 Å². The minimum absolute atomic E-state index is 0.0627. The topological polar surface area (TPSA) is 79.1 Å². The number of nitrogens with zero attached hydrogens (tertiary/aromatic N) is 1. The number of rotatable bonds is 16. The van der Waals surface area contributed by atoms with E-state index in [2.05, 4.69) is 11.9 Å². The number of hydrogen-bond donors (Lipinski definition) is 2. The van der Waals surface area contributed by atoms with Gasteiger partial charge in [-0.05, 0) is 55.2 Å². The van der Waals surface area contributed by atoms with Crippen molar-refractivity contribution in [3.63, 3.8) is 0 Å². The highest BCUT2D eigenvalue weighted by Crippen LogP contribution is 2.25. The first-order valence-electron chi connectivity index (χ1n) is 11.7. The van der Waals surface area contributed by atoms with Crippen LogP contribution in [0.15, 0.2) is 23.2 Å². The van der Waals surface area contributed by atoms with Crippen molar-refractivity contribution >= 4 is 23.9 Å². The number of phenolic OH excluding ortho intramolecular Hbond substituents is 1. The molecule has 0 saturated heterocycles. The number of aryl methyl sites for hydroxylation is 1. The van der Waals surface area contributed by atoms with E-state index in [-0.39, 0.29) is 17.2 Å². The van der Waals surface area contributed by atoms with Crippen molar-refractivity contribution in [1.82, 2.24) is 0 Å². The van der Waals surface area contributed by atoms with Crippen LogP contribution in [0.25, 0.3) is 0 Å². The molecule has 1 aromatic carbocycles. The lowest BCUT2D eigenvalue weighted by atomic mass is 9.95. The number of aliphatic imine (C=N–C) groups is 1. The van der Waals surface area contributed by atoms with Gasteiger partial charge < -0.3 is 14.9 Å². The second-order valence-electron chi connectivity index (χ2n) is 8.07. The van der Waals surface area contributed by atoms with E-state index >= 15 is 0 Å². The molecule has 0 amide bonds. The molecule has 0 aromatic heterocycles. The van der Waals surface area contributed by atoms with Crippen molar-refractivity contribution in [2.24, 2.45) is 10.9 Å². The number of aliphatic hydroxyl groups is 1. The first-order chi connectivity index (χ1) is 14.9. The molecule has 3 atom stereocenters. The minimum Gasteiger partial charge on any atom is -0.507 e. The second-order valence-corrected chi connectivity index (χ2v) is 9.14. The van der Waals surface area contributed by atoms with Gasteiger partial charge in [0.1, 0.15) is 17.4 Å². The number of carbonyl (C=O) groups excluding carboxylic acids is 1. The van der Waals surface area contributed by atoms with Crippen molar-refractivity contribution in [1.29, 1.82) is 0 Å². The molecular formula is C25H41NO4S. The summed E-state index contributed by atoms with van der Waals surface area (Å²) in [7, 11) is 0. The van der Waals surface area contributed by atoms with Gasteiger partial charge >= 0.3 is 5.97 Å². The number of esters is 1. The molecule has 176 valence electrons. The number of hydrogen-bond acceptors (Lipinski definition) is 6. The third kappa shape index (κ3) is 10.6. The molecule has 0 heterocycles. The molecular weight excluding hydrogens is 410 g/mol. The van der Waals surface area contributed by atoms with E-state index in [0.29, 0.717) is 25.7 Å². The predicted octanol–water partition coefficient (Wildman–Crippen LogP) is 6.01. The van der Waals surface area contributed by atoms with Gasteiger partial charge in [0, 0.05) is 6.42 Å². The summed E-state index contributed by atoms with van der Waals surface area (Å²) >= 11 is 1.83. The zero-order chi connectivity index (χ0) is 23.1. The molecule has 5 nitrogen and oxygen atoms in total. The van der Waals surface area contributed by atoms with E-state index in [9.17, 15) is 15.0 Å². The first-order valence-corrected chi connectivity index (χ1v) is 12.9. The third-order valence-corrected chi connectivity index (χ3v) is 6.51. The molecule has 1 rings (SSSR count). The smallest absolute Gasteiger partial charge is 0.342 e. The molecule has 0 radical (unpaired) electrons. The van der Waals surface area contributed by atoms with Crippen molar-refractivity contribution in [3.8, 4) is 5.75 Å². The molecule has 0 aliphatic rings. The zero-order valence-corrected chi connectivity index (χ0v) is 20.5. The highest BCUT2D eigenvalue weighted by atomic mass is 32.2. The Morgan fingerprint density at radius 3 is 2.71 bits per heavy atom. The quantitative estimate of drug-likeness (QED) is 0.183. The molecule has 0 saturated carbocycles. The maximum atomic E-state index is 12.8. The fourth-order valence-electron chi connectivity index (χ4n) is 3.30. The lowest BCUT2D eigenvalue weighted by Crippen LogP contribution is -2.28. The summed E-state index contributed by atoms with van der Waals surface area (Å²) in [5.74, 6) is 1.42. The number of ether oxygens (including phenoxy) is 1. The van der Waals surface area contributed by atoms with Gasteiger partial charge in [0.15, 0.2) is 0 Å². The Kier molecular flexibility index (Phi) is 14.3. The summed E-state index contributed by atoms with van der Waals surface area (Å²) in [6.07, 6.45) is 7.80. The molecule has 1 aromatic rings. The number of thioether (sulfide) groups is 1. The zero-order valence-electron chi connectivity index (χ0n) is 19.7. The maximum absolute atomic E-state index is 12.8. The normalized spacial score (nSPS) is 14.5. The molecule has 0 aliphatic carbocycles. The van der Waals surface area contributed by atoms with E-state index in [1.807, 2.05) is 44.8 Å². The Hall–Kier alpha value is -1.53. The Bertz CT molecular complexity index is 665. The first kappa shape index (κ1) is 27.5. The molecule has 0 bridgehead atoms. The monoisotopic (exact) mass is 451 g/mol. The van der Waals surface area contributed by atoms with E-state index in [4.69, 9.17) is 4.74 Å². The molecule has 0 fully saturated rings. The van der Waals surface area contributed by atoms with Gasteiger partial charge in [0.05, 0.1) is 12.0 Å². The highest BCUT2D eigenvalue weighted by molar-refractivity contribution is 7.99. The maximum Gasteiger partial charge on any atom is 0.342 e. The molecule has 6 heteroatoms. The molecule has 2 N–H and O–H groups in total.